The van der Waals surface area contributed by atoms with Gasteiger partial charge in [-0.3, -0.25) is 0 Å². The molecule has 8 nitrogen and oxygen atoms in total. The van der Waals surface area contributed by atoms with Crippen LogP contribution in [0.1, 0.15) is 19.3 Å². The second-order valence-corrected chi connectivity index (χ2v) is 7.98. The van der Waals surface area contributed by atoms with Crippen LogP contribution in [0.2, 0.25) is 5.02 Å². The molecule has 0 aliphatic carbocycles. The van der Waals surface area contributed by atoms with Gasteiger partial charge in [0.15, 0.2) is 17.5 Å². The van der Waals surface area contributed by atoms with Crippen molar-refractivity contribution in [2.24, 2.45) is 0 Å². The van der Waals surface area contributed by atoms with Crippen LogP contribution in [0, 0.1) is 5.82 Å². The van der Waals surface area contributed by atoms with E-state index in [2.05, 4.69) is 25.3 Å². The lowest BCUT2D eigenvalue weighted by molar-refractivity contribution is 0.0802. The molecule has 3 aromatic rings. The number of carbonyl (C=O) groups excluding carboxylic acids is 1. The van der Waals surface area contributed by atoms with Gasteiger partial charge in [-0.25, -0.2) is 24.1 Å². The first kappa shape index (κ1) is 21.6. The quantitative estimate of drug-likeness (QED) is 0.520. The first-order valence-electron chi connectivity index (χ1n) is 9.95. The van der Waals surface area contributed by atoms with Crippen LogP contribution >= 0.6 is 23.2 Å². The number of anilines is 1. The molecule has 0 radical (unpaired) electrons. The highest BCUT2D eigenvalue weighted by atomic mass is 35.5. The highest BCUT2D eigenvalue weighted by Gasteiger charge is 2.28. The molecule has 4 heterocycles. The minimum atomic E-state index is -0.577. The highest BCUT2D eigenvalue weighted by molar-refractivity contribution is 6.31. The number of alkyl halides is 1. The van der Waals surface area contributed by atoms with Crippen LogP contribution in [0.3, 0.4) is 0 Å². The number of hydrogen-bond acceptors (Lipinski definition) is 6. The molecule has 3 aromatic heterocycles. The molecule has 164 valence electrons. The summed E-state index contributed by atoms with van der Waals surface area (Å²) < 4.78 is 19.6. The van der Waals surface area contributed by atoms with Crippen LogP contribution in [-0.2, 0) is 4.74 Å². The number of hydrogen-bond donors (Lipinski definition) is 2. The van der Waals surface area contributed by atoms with E-state index in [-0.39, 0.29) is 24.3 Å². The average Bonchev–Trinajstić information content (AvgIpc) is 3.20. The van der Waals surface area contributed by atoms with Crippen LogP contribution in [0.5, 0.6) is 0 Å². The average molecular weight is 467 g/mol. The van der Waals surface area contributed by atoms with Gasteiger partial charge < -0.3 is 19.9 Å². The molecule has 1 saturated heterocycles. The summed E-state index contributed by atoms with van der Waals surface area (Å²) in [6.45, 7) is 1.09. The number of nitrogens with one attached hydrogen (secondary N) is 2. The maximum Gasteiger partial charge on any atom is 0.410 e. The number of aromatic amines is 1. The number of H-pyrrole nitrogens is 1. The zero-order valence-electron chi connectivity index (χ0n) is 16.6. The zero-order valence-corrected chi connectivity index (χ0v) is 18.1. The van der Waals surface area contributed by atoms with Crippen LogP contribution < -0.4 is 5.32 Å². The fourth-order valence-corrected chi connectivity index (χ4v) is 3.90. The van der Waals surface area contributed by atoms with E-state index in [4.69, 9.17) is 27.9 Å². The molecule has 1 aliphatic heterocycles. The smallest absolute Gasteiger partial charge is 0.410 e. The summed E-state index contributed by atoms with van der Waals surface area (Å²) in [6, 6.07) is 1.62. The van der Waals surface area contributed by atoms with Gasteiger partial charge in [-0.2, -0.15) is 0 Å². The van der Waals surface area contributed by atoms with E-state index < -0.39 is 11.9 Å². The van der Waals surface area contributed by atoms with Crippen molar-refractivity contribution in [3.05, 3.63) is 35.5 Å². The van der Waals surface area contributed by atoms with Crippen LogP contribution in [0.15, 0.2) is 24.7 Å². The Kier molecular flexibility index (Phi) is 6.72. The monoisotopic (exact) mass is 466 g/mol. The molecule has 11 heteroatoms. The van der Waals surface area contributed by atoms with Gasteiger partial charge in [-0.05, 0) is 25.3 Å². The summed E-state index contributed by atoms with van der Waals surface area (Å²) >= 11 is 11.7. The lowest BCUT2D eigenvalue weighted by atomic mass is 10.0. The van der Waals surface area contributed by atoms with Crippen LogP contribution in [0.4, 0.5) is 15.0 Å². The van der Waals surface area contributed by atoms with Gasteiger partial charge in [-0.1, -0.05) is 11.6 Å². The number of amides is 1. The lowest BCUT2D eigenvalue weighted by Crippen LogP contribution is -2.47. The molecule has 0 aromatic carbocycles. The second-order valence-electron chi connectivity index (χ2n) is 7.17. The van der Waals surface area contributed by atoms with Gasteiger partial charge in [-0.15, -0.1) is 11.6 Å². The van der Waals surface area contributed by atoms with Gasteiger partial charge in [0.1, 0.15) is 12.3 Å². The summed E-state index contributed by atoms with van der Waals surface area (Å²) in [5, 5.41) is 4.25. The topological polar surface area (TPSA) is 96.0 Å². The Bertz CT molecular complexity index is 1080. The number of aromatic nitrogens is 4. The molecule has 0 unspecified atom stereocenters. The zero-order chi connectivity index (χ0) is 21.8. The predicted octanol–water partition coefficient (Wildman–Crippen LogP) is 4.45. The Morgan fingerprint density at radius 3 is 3.06 bits per heavy atom. The molecule has 0 spiro atoms. The molecule has 0 bridgehead atoms. The van der Waals surface area contributed by atoms with Crippen molar-refractivity contribution < 1.29 is 13.9 Å². The maximum absolute atomic E-state index is 14.4. The molecule has 1 fully saturated rings. The molecule has 1 atom stereocenters. The van der Waals surface area contributed by atoms with E-state index in [9.17, 15) is 9.18 Å². The van der Waals surface area contributed by atoms with Gasteiger partial charge in [0.2, 0.25) is 0 Å². The predicted molar refractivity (Wildman–Crippen MR) is 117 cm³/mol. The van der Waals surface area contributed by atoms with Crippen molar-refractivity contribution >= 4 is 46.1 Å². The fraction of sp³-hybridized carbons (Fsp3) is 0.400. The van der Waals surface area contributed by atoms with Crippen molar-refractivity contribution in [3.8, 4) is 11.4 Å². The van der Waals surface area contributed by atoms with Gasteiger partial charge >= 0.3 is 6.09 Å². The van der Waals surface area contributed by atoms with E-state index >= 15 is 0 Å². The summed E-state index contributed by atoms with van der Waals surface area (Å²) in [6.07, 6.45) is 6.63. The lowest BCUT2D eigenvalue weighted by Gasteiger charge is -2.35. The number of pyridine rings is 1. The van der Waals surface area contributed by atoms with Crippen molar-refractivity contribution in [3.63, 3.8) is 0 Å². The van der Waals surface area contributed by atoms with E-state index in [0.29, 0.717) is 35.1 Å². The summed E-state index contributed by atoms with van der Waals surface area (Å²) in [7, 11) is 0. The maximum atomic E-state index is 14.4. The Morgan fingerprint density at radius 1 is 1.35 bits per heavy atom. The van der Waals surface area contributed by atoms with E-state index in [1.54, 1.807) is 17.2 Å². The number of ether oxygens (including phenoxy) is 1. The number of nitrogens with zero attached hydrogens (tertiary/aromatic N) is 4. The fourth-order valence-electron chi connectivity index (χ4n) is 3.66. The SMILES string of the molecule is O=C(OCCCl)N1CCCC[C@@H]1CNc1nc(-c2c[nH]c3ncc(Cl)cc23)ncc1F. The van der Waals surface area contributed by atoms with E-state index in [1.807, 2.05) is 0 Å². The number of piperidine rings is 1. The molecular formula is C20H21Cl2FN6O2. The molecule has 4 rings (SSSR count). The molecule has 1 amide bonds. The van der Waals surface area contributed by atoms with E-state index in [1.165, 1.54) is 6.20 Å². The number of rotatable bonds is 6. The summed E-state index contributed by atoms with van der Waals surface area (Å²) in [5.41, 5.74) is 1.30. The largest absolute Gasteiger partial charge is 0.448 e. The van der Waals surface area contributed by atoms with Gasteiger partial charge in [0, 0.05) is 36.4 Å². The molecule has 0 saturated carbocycles. The first-order valence-corrected chi connectivity index (χ1v) is 10.9. The third-order valence-electron chi connectivity index (χ3n) is 5.15. The summed E-state index contributed by atoms with van der Waals surface area (Å²) in [4.78, 5) is 29.7. The third-order valence-corrected chi connectivity index (χ3v) is 5.51. The standard InChI is InChI=1S/C20H21Cl2FN6O2/c21-4-6-31-20(30)29-5-2-1-3-13(29)9-25-19-16(23)11-27-18(28-19)15-10-26-17-14(15)7-12(22)8-24-17/h7-8,10-11,13H,1-6,9H2,(H,24,26)(H,25,27,28)/t13-/m1/s1. The molecule has 1 aliphatic rings. The Morgan fingerprint density at radius 2 is 2.23 bits per heavy atom. The number of halogens is 3. The Hall–Kier alpha value is -2.65. The molecular weight excluding hydrogens is 446 g/mol. The van der Waals surface area contributed by atoms with E-state index in [0.717, 1.165) is 30.8 Å². The minimum absolute atomic E-state index is 0.0639. The number of likely N-dealkylation sites (tertiary alicyclic amines) is 1. The normalized spacial score (nSPS) is 16.5. The van der Waals surface area contributed by atoms with Crippen molar-refractivity contribution in [2.45, 2.75) is 25.3 Å². The third kappa shape index (κ3) is 4.83. The van der Waals surface area contributed by atoms with Crippen molar-refractivity contribution in [1.82, 2.24) is 24.8 Å². The van der Waals surface area contributed by atoms with Crippen molar-refractivity contribution in [1.29, 1.82) is 0 Å². The Balaban J connectivity index is 1.52. The Labute approximate surface area is 188 Å². The number of carbonyl (C=O) groups is 1. The summed E-state index contributed by atoms with van der Waals surface area (Å²) in [5.74, 6) is 0.0634. The van der Waals surface area contributed by atoms with Gasteiger partial charge in [0.05, 0.1) is 23.1 Å². The van der Waals surface area contributed by atoms with Crippen LogP contribution in [-0.4, -0.2) is 62.5 Å². The number of fused-ring (bicyclic) bond motifs is 1. The highest BCUT2D eigenvalue weighted by Crippen LogP contribution is 2.28. The second kappa shape index (κ2) is 9.65. The first-order chi connectivity index (χ1) is 15.1. The molecule has 2 N–H and O–H groups in total. The van der Waals surface area contributed by atoms with Crippen LogP contribution in [0.25, 0.3) is 22.4 Å². The molecule has 31 heavy (non-hydrogen) atoms. The van der Waals surface area contributed by atoms with Crippen molar-refractivity contribution in [2.75, 3.05) is 30.9 Å². The van der Waals surface area contributed by atoms with Gasteiger partial charge in [0.25, 0.3) is 0 Å². The minimum Gasteiger partial charge on any atom is -0.448 e.